The quantitative estimate of drug-likeness (QED) is 0.411. The second-order valence-corrected chi connectivity index (χ2v) is 1.12. The molecule has 0 amide bonds. The molecule has 0 aromatic rings. The van der Waals surface area contributed by atoms with E-state index in [0.29, 0.717) is 7.36 Å². The van der Waals surface area contributed by atoms with E-state index < -0.39 is 0 Å². The fourth-order valence-electron chi connectivity index (χ4n) is 0. The number of hydrogen-bond acceptors (Lipinski definition) is 2. The molecule has 1 nitrogen and oxygen atoms in total. The fourth-order valence-corrected chi connectivity index (χ4v) is 0. The Morgan fingerprint density at radius 2 is 2.25 bits per heavy atom. The molecule has 20 valence electrons. The van der Waals surface area contributed by atoms with Crippen LogP contribution in [0, 0.1) is 11.1 Å². The Hall–Kier alpha value is 0.01000. The summed E-state index contributed by atoms with van der Waals surface area (Å²) >= 11 is 4.16. The lowest BCUT2D eigenvalue weighted by molar-refractivity contribution is 1.57. The predicted octanol–water partition coefficient (Wildman–Crippen LogP) is 0.876. The van der Waals surface area contributed by atoms with Crippen LogP contribution in [0.3, 0.4) is 0 Å². The largest absolute Gasteiger partial charge is 0.187 e. The van der Waals surface area contributed by atoms with Gasteiger partial charge in [0.2, 0.25) is 0 Å². The monoisotopic (exact) mass is 88.9 g/mol. The van der Waals surface area contributed by atoms with E-state index in [9.17, 15) is 0 Å². The summed E-state index contributed by atoms with van der Waals surface area (Å²) in [5, 5.41) is 7.51. The molecule has 0 N–H and O–H groups in total. The Labute approximate surface area is 31.1 Å². The second kappa shape index (κ2) is 3.01. The van der Waals surface area contributed by atoms with Crippen molar-refractivity contribution >= 4 is 19.2 Å². The van der Waals surface area contributed by atoms with Crippen molar-refractivity contribution < 1.29 is 0 Å². The maximum absolute atomic E-state index is 7.51. The van der Waals surface area contributed by atoms with Gasteiger partial charge in [0.05, 0.1) is 7.36 Å². The molecule has 0 unspecified atom stereocenters. The zero-order chi connectivity index (χ0) is 3.41. The maximum atomic E-state index is 7.51. The molecule has 0 aliphatic heterocycles. The summed E-state index contributed by atoms with van der Waals surface area (Å²) in [5.74, 6) is 1.72. The second-order valence-electron chi connectivity index (χ2n) is 0.191. The third-order valence-electron chi connectivity index (χ3n) is 0.0408. The molecule has 0 aliphatic carbocycles. The van der Waals surface area contributed by atoms with Crippen molar-refractivity contribution in [1.29, 1.82) is 5.26 Å². The average molecular weight is 89.1 g/mol. The topological polar surface area (TPSA) is 23.8 Å². The zero-order valence-corrected chi connectivity index (χ0v) is 3.51. The molecule has 4 heavy (non-hydrogen) atoms. The van der Waals surface area contributed by atoms with Gasteiger partial charge in [-0.1, -0.05) is 0 Å². The highest BCUT2D eigenvalue weighted by molar-refractivity contribution is 7.98. The van der Waals surface area contributed by atoms with Gasteiger partial charge in [0.15, 0.2) is 0 Å². The summed E-state index contributed by atoms with van der Waals surface area (Å²) < 4.78 is 0. The van der Waals surface area contributed by atoms with Crippen molar-refractivity contribution in [2.45, 2.75) is 0 Å². The van der Waals surface area contributed by atoms with Crippen LogP contribution in [-0.4, -0.2) is 0 Å². The zero-order valence-electron chi connectivity index (χ0n) is 1.80. The lowest BCUT2D eigenvalue weighted by Gasteiger charge is -1.25. The number of nitriles is 1. The summed E-state index contributed by atoms with van der Waals surface area (Å²) in [4.78, 5) is 0. The van der Waals surface area contributed by atoms with Crippen LogP contribution in [0.2, 0.25) is 0 Å². The first-order chi connectivity index (χ1) is 1.91. The lowest BCUT2D eigenvalue weighted by Crippen LogP contribution is -1.03. The molecular weight excluding hydrogens is 89.1 g/mol. The van der Waals surface area contributed by atoms with E-state index >= 15 is 0 Å². The fraction of sp³-hybridized carbons (Fsp3) is 0. The van der Waals surface area contributed by atoms with E-state index in [1.54, 1.807) is 5.81 Å². The first-order valence-corrected chi connectivity index (χ1v) is 2.54. The summed E-state index contributed by atoms with van der Waals surface area (Å²) in [5.41, 5.74) is 0. The van der Waals surface area contributed by atoms with Gasteiger partial charge in [0.1, 0.15) is 5.81 Å². The van der Waals surface area contributed by atoms with E-state index in [-0.39, 0.29) is 0 Å². The summed E-state index contributed by atoms with van der Waals surface area (Å²) in [6, 6.07) is 0. The van der Waals surface area contributed by atoms with Crippen LogP contribution < -0.4 is 0 Å². The van der Waals surface area contributed by atoms with Crippen molar-refractivity contribution in [3.63, 3.8) is 0 Å². The summed E-state index contributed by atoms with van der Waals surface area (Å²) in [6.07, 6.45) is 0. The van der Waals surface area contributed by atoms with Gasteiger partial charge in [0, 0.05) is 0 Å². The molecule has 0 atom stereocenters. The molecule has 3 heteroatoms. The lowest BCUT2D eigenvalue weighted by atomic mass is 11.8. The highest BCUT2D eigenvalue weighted by Crippen LogP contribution is 1.77. The molecular formula is CNPS. The minimum Gasteiger partial charge on any atom is -0.187 e. The van der Waals surface area contributed by atoms with Crippen LogP contribution >= 0.6 is 7.36 Å². The molecule has 0 aromatic carbocycles. The molecule has 0 aliphatic rings. The summed E-state index contributed by atoms with van der Waals surface area (Å²) in [6.45, 7) is 0. The van der Waals surface area contributed by atoms with Gasteiger partial charge in [-0.05, 0) is 11.8 Å². The van der Waals surface area contributed by atoms with E-state index in [2.05, 4.69) is 11.8 Å². The molecule has 0 spiro atoms. The van der Waals surface area contributed by atoms with Crippen LogP contribution in [-0.2, 0) is 11.8 Å². The van der Waals surface area contributed by atoms with E-state index in [1.807, 2.05) is 0 Å². The third kappa shape index (κ3) is 2.01. The SMILES string of the molecule is N#CP=S. The molecule has 0 aromatic heterocycles. The molecule has 0 heterocycles. The number of nitrogens with zero attached hydrogens (tertiary/aromatic N) is 1. The Kier molecular flexibility index (Phi) is 3.02. The van der Waals surface area contributed by atoms with E-state index in [0.717, 1.165) is 0 Å². The number of rotatable bonds is 0. The van der Waals surface area contributed by atoms with Crippen LogP contribution in [0.4, 0.5) is 0 Å². The molecule has 0 radical (unpaired) electrons. The van der Waals surface area contributed by atoms with Crippen LogP contribution in [0.5, 0.6) is 0 Å². The summed E-state index contributed by atoms with van der Waals surface area (Å²) in [7, 11) is 0.387. The molecule has 0 fully saturated rings. The van der Waals surface area contributed by atoms with Crippen molar-refractivity contribution in [3.8, 4) is 5.81 Å². The van der Waals surface area contributed by atoms with Gasteiger partial charge in [0.25, 0.3) is 0 Å². The average Bonchev–Trinajstić information content (AvgIpc) is 1.37. The molecule has 0 saturated heterocycles. The van der Waals surface area contributed by atoms with Gasteiger partial charge in [-0.2, -0.15) is 5.26 Å². The normalized spacial score (nSPS) is 5.75. The Morgan fingerprint density at radius 3 is 2.25 bits per heavy atom. The van der Waals surface area contributed by atoms with Crippen molar-refractivity contribution in [2.75, 3.05) is 0 Å². The van der Waals surface area contributed by atoms with E-state index in [1.165, 1.54) is 0 Å². The standard InChI is InChI=1S/CNPS/c2-1-3-4. The van der Waals surface area contributed by atoms with Gasteiger partial charge < -0.3 is 0 Å². The van der Waals surface area contributed by atoms with Crippen LogP contribution in [0.15, 0.2) is 0 Å². The first-order valence-electron chi connectivity index (χ1n) is 0.630. The minimum absolute atomic E-state index is 0.387. The van der Waals surface area contributed by atoms with Gasteiger partial charge in [-0.3, -0.25) is 0 Å². The smallest absolute Gasteiger partial charge is 0.134 e. The Morgan fingerprint density at radius 1 is 2.00 bits per heavy atom. The van der Waals surface area contributed by atoms with Gasteiger partial charge in [-0.15, -0.1) is 0 Å². The molecule has 0 bridgehead atoms. The highest BCUT2D eigenvalue weighted by Gasteiger charge is 1.40. The maximum Gasteiger partial charge on any atom is 0.134 e. The van der Waals surface area contributed by atoms with Crippen molar-refractivity contribution in [3.05, 3.63) is 0 Å². The van der Waals surface area contributed by atoms with Gasteiger partial charge in [-0.25, -0.2) is 0 Å². The third-order valence-corrected chi connectivity index (χ3v) is 0.367. The van der Waals surface area contributed by atoms with Gasteiger partial charge >= 0.3 is 0 Å². The molecule has 0 rings (SSSR count). The number of hydrogen-bond donors (Lipinski definition) is 0. The van der Waals surface area contributed by atoms with E-state index in [4.69, 9.17) is 5.26 Å². The van der Waals surface area contributed by atoms with Crippen LogP contribution in [0.1, 0.15) is 0 Å². The molecule has 0 saturated carbocycles. The Balaban J connectivity index is 2.92. The van der Waals surface area contributed by atoms with Crippen molar-refractivity contribution in [2.24, 2.45) is 0 Å². The van der Waals surface area contributed by atoms with Crippen LogP contribution in [0.25, 0.3) is 0 Å². The highest BCUT2D eigenvalue weighted by atomic mass is 32.4. The van der Waals surface area contributed by atoms with Crippen molar-refractivity contribution in [1.82, 2.24) is 0 Å². The minimum atomic E-state index is 0.387. The predicted molar refractivity (Wildman–Crippen MR) is 19.9 cm³/mol. The Bertz CT molecular complexity index is 53.5. The first kappa shape index (κ1) is 4.01.